The van der Waals surface area contributed by atoms with Gasteiger partial charge in [0.25, 0.3) is 0 Å². The van der Waals surface area contributed by atoms with E-state index in [1.54, 1.807) is 12.1 Å². The number of halogens is 2. The van der Waals surface area contributed by atoms with Crippen LogP contribution >= 0.6 is 23.2 Å². The molecular formula is C8H8Cl2N3+. The molecule has 0 aliphatic rings. The van der Waals surface area contributed by atoms with Crippen molar-refractivity contribution < 1.29 is 0 Å². The topological polar surface area (TPSA) is 31.4 Å². The average Bonchev–Trinajstić information content (AvgIpc) is 2.09. The van der Waals surface area contributed by atoms with Crippen molar-refractivity contribution >= 4 is 34.6 Å². The first-order valence-corrected chi connectivity index (χ1v) is 4.34. The second-order valence-corrected chi connectivity index (χ2v) is 3.48. The van der Waals surface area contributed by atoms with Crippen LogP contribution in [0.25, 0.3) is 4.98 Å². The molecule has 1 rings (SSSR count). The number of hydrogen-bond donors (Lipinski definition) is 0. The van der Waals surface area contributed by atoms with Gasteiger partial charge in [-0.15, -0.1) is 0 Å². The number of hydrogen-bond acceptors (Lipinski definition) is 2. The molecule has 1 aromatic carbocycles. The largest absolute Gasteiger partial charge is 0.405 e. The Morgan fingerprint density at radius 1 is 1.23 bits per heavy atom. The fourth-order valence-corrected chi connectivity index (χ4v) is 1.48. The molecule has 0 aliphatic carbocycles. The molecule has 68 valence electrons. The maximum Gasteiger partial charge on any atom is 0.405 e. The Hall–Kier alpha value is -0.980. The number of benzene rings is 1. The highest BCUT2D eigenvalue weighted by Gasteiger charge is 2.18. The molecule has 0 heterocycles. The van der Waals surface area contributed by atoms with Crippen LogP contribution in [0.1, 0.15) is 0 Å². The number of nitrogens with zero attached hydrogens (tertiary/aromatic N) is 3. The number of diazo groups is 1. The molecule has 0 amide bonds. The molecule has 0 saturated heterocycles. The lowest BCUT2D eigenvalue weighted by Crippen LogP contribution is -2.08. The summed E-state index contributed by atoms with van der Waals surface area (Å²) < 4.78 is 0. The number of anilines is 1. The Bertz CT molecular complexity index is 368. The molecule has 13 heavy (non-hydrogen) atoms. The first kappa shape index (κ1) is 10.1. The zero-order valence-corrected chi connectivity index (χ0v) is 8.76. The SMILES string of the molecule is CN(C)c1ccc([N+]#N)c(Cl)c1Cl. The molecule has 0 fully saturated rings. The van der Waals surface area contributed by atoms with Crippen molar-refractivity contribution in [3.63, 3.8) is 0 Å². The van der Waals surface area contributed by atoms with Gasteiger partial charge in [0, 0.05) is 20.2 Å². The summed E-state index contributed by atoms with van der Waals surface area (Å²) in [6.45, 7) is 0. The van der Waals surface area contributed by atoms with Crippen molar-refractivity contribution in [3.8, 4) is 0 Å². The molecule has 0 N–H and O–H groups in total. The van der Waals surface area contributed by atoms with E-state index in [9.17, 15) is 0 Å². The smallest absolute Gasteiger partial charge is 0.376 e. The summed E-state index contributed by atoms with van der Waals surface area (Å²) in [7, 11) is 3.71. The standard InChI is InChI=1S/C8H8Cl2N3/c1-13(2)6-4-3-5(12-11)7(9)8(6)10/h3-4H,1-2H3/q+1. The van der Waals surface area contributed by atoms with E-state index in [1.807, 2.05) is 19.0 Å². The Morgan fingerprint density at radius 2 is 1.85 bits per heavy atom. The highest BCUT2D eigenvalue weighted by molar-refractivity contribution is 6.45. The summed E-state index contributed by atoms with van der Waals surface area (Å²) >= 11 is 11.8. The molecule has 1 aromatic rings. The lowest BCUT2D eigenvalue weighted by Gasteiger charge is -2.13. The predicted octanol–water partition coefficient (Wildman–Crippen LogP) is 3.54. The van der Waals surface area contributed by atoms with Crippen molar-refractivity contribution in [2.45, 2.75) is 0 Å². The maximum atomic E-state index is 8.54. The number of rotatable bonds is 1. The van der Waals surface area contributed by atoms with Gasteiger partial charge in [-0.2, -0.15) is 0 Å². The highest BCUT2D eigenvalue weighted by Crippen LogP contribution is 2.38. The monoisotopic (exact) mass is 216 g/mol. The van der Waals surface area contributed by atoms with Crippen molar-refractivity contribution in [1.82, 2.24) is 0 Å². The zero-order valence-electron chi connectivity index (χ0n) is 7.25. The van der Waals surface area contributed by atoms with Crippen LogP contribution in [-0.2, 0) is 0 Å². The van der Waals surface area contributed by atoms with Gasteiger partial charge in [0.15, 0.2) is 10.00 Å². The van der Waals surface area contributed by atoms with Gasteiger partial charge in [0.2, 0.25) is 5.39 Å². The fraction of sp³-hybridized carbons (Fsp3) is 0.250. The molecular weight excluding hydrogens is 209 g/mol. The molecule has 0 aliphatic heterocycles. The molecule has 0 saturated carbocycles. The van der Waals surface area contributed by atoms with E-state index in [0.717, 1.165) is 5.69 Å². The molecule has 5 heteroatoms. The zero-order chi connectivity index (χ0) is 10.0. The second kappa shape index (κ2) is 3.82. The van der Waals surface area contributed by atoms with Gasteiger partial charge < -0.3 is 4.90 Å². The van der Waals surface area contributed by atoms with Crippen LogP contribution in [0.4, 0.5) is 11.4 Å². The minimum absolute atomic E-state index is 0.260. The fourth-order valence-electron chi connectivity index (χ4n) is 0.952. The van der Waals surface area contributed by atoms with E-state index >= 15 is 0 Å². The molecule has 0 atom stereocenters. The summed E-state index contributed by atoms with van der Waals surface area (Å²) in [4.78, 5) is 4.83. The molecule has 0 spiro atoms. The minimum atomic E-state index is 0.260. The van der Waals surface area contributed by atoms with E-state index in [0.29, 0.717) is 5.02 Å². The average molecular weight is 217 g/mol. The Morgan fingerprint density at radius 3 is 2.31 bits per heavy atom. The van der Waals surface area contributed by atoms with Crippen molar-refractivity contribution in [2.75, 3.05) is 19.0 Å². The van der Waals surface area contributed by atoms with Gasteiger partial charge in [-0.05, 0) is 6.07 Å². The van der Waals surface area contributed by atoms with Gasteiger partial charge in [0.05, 0.1) is 10.7 Å². The van der Waals surface area contributed by atoms with Crippen LogP contribution < -0.4 is 4.90 Å². The highest BCUT2D eigenvalue weighted by atomic mass is 35.5. The minimum Gasteiger partial charge on any atom is -0.376 e. The molecule has 0 bridgehead atoms. The summed E-state index contributed by atoms with van der Waals surface area (Å²) in [6, 6.07) is 3.34. The van der Waals surface area contributed by atoms with Crippen LogP contribution in [0.3, 0.4) is 0 Å². The van der Waals surface area contributed by atoms with E-state index in [2.05, 4.69) is 4.98 Å². The van der Waals surface area contributed by atoms with Gasteiger partial charge >= 0.3 is 5.69 Å². The molecule has 0 unspecified atom stereocenters. The van der Waals surface area contributed by atoms with Gasteiger partial charge in [0.1, 0.15) is 0 Å². The first-order valence-electron chi connectivity index (χ1n) is 3.58. The molecule has 3 nitrogen and oxygen atoms in total. The lowest BCUT2D eigenvalue weighted by molar-refractivity contribution is 1.13. The van der Waals surface area contributed by atoms with Crippen molar-refractivity contribution in [2.24, 2.45) is 0 Å². The quantitative estimate of drug-likeness (QED) is 0.673. The Balaban J connectivity index is 3.33. The molecule has 0 aromatic heterocycles. The molecule has 0 radical (unpaired) electrons. The summed E-state index contributed by atoms with van der Waals surface area (Å²) in [5.41, 5.74) is 1.07. The van der Waals surface area contributed by atoms with Crippen molar-refractivity contribution in [1.29, 1.82) is 5.39 Å². The lowest BCUT2D eigenvalue weighted by atomic mass is 10.2. The second-order valence-electron chi connectivity index (χ2n) is 2.73. The van der Waals surface area contributed by atoms with E-state index in [-0.39, 0.29) is 10.7 Å². The summed E-state index contributed by atoms with van der Waals surface area (Å²) in [5, 5.41) is 9.19. The van der Waals surface area contributed by atoms with Crippen LogP contribution in [0.5, 0.6) is 0 Å². The maximum absolute atomic E-state index is 8.54. The van der Waals surface area contributed by atoms with Crippen LogP contribution in [0.15, 0.2) is 12.1 Å². The predicted molar refractivity (Wildman–Crippen MR) is 55.5 cm³/mol. The van der Waals surface area contributed by atoms with Gasteiger partial charge in [-0.25, -0.2) is 0 Å². The Labute approximate surface area is 86.5 Å². The normalized spacial score (nSPS) is 9.46. The van der Waals surface area contributed by atoms with Crippen molar-refractivity contribution in [3.05, 3.63) is 27.2 Å². The van der Waals surface area contributed by atoms with E-state index < -0.39 is 0 Å². The Kier molecular flexibility index (Phi) is 2.97. The summed E-state index contributed by atoms with van der Waals surface area (Å²) in [5.74, 6) is 0. The van der Waals surface area contributed by atoms with Crippen LogP contribution in [0, 0.1) is 5.39 Å². The van der Waals surface area contributed by atoms with Gasteiger partial charge in [-0.1, -0.05) is 23.2 Å². The third-order valence-corrected chi connectivity index (χ3v) is 2.49. The summed E-state index contributed by atoms with van der Waals surface area (Å²) in [6.07, 6.45) is 0. The third kappa shape index (κ3) is 1.85. The van der Waals surface area contributed by atoms with Crippen LogP contribution in [0.2, 0.25) is 10.0 Å². The van der Waals surface area contributed by atoms with Gasteiger partial charge in [-0.3, -0.25) is 0 Å². The third-order valence-electron chi connectivity index (χ3n) is 1.63. The van der Waals surface area contributed by atoms with Crippen LogP contribution in [-0.4, -0.2) is 14.1 Å². The van der Waals surface area contributed by atoms with E-state index in [4.69, 9.17) is 28.6 Å². The van der Waals surface area contributed by atoms with E-state index in [1.165, 1.54) is 0 Å². The first-order chi connectivity index (χ1) is 6.07.